The first kappa shape index (κ1) is 9.16. The first-order valence-corrected chi connectivity index (χ1v) is 3.77. The molecule has 0 bridgehead atoms. The van der Waals surface area contributed by atoms with Crippen molar-refractivity contribution in [2.24, 2.45) is 0 Å². The summed E-state index contributed by atoms with van der Waals surface area (Å²) in [6, 6.07) is 3.63. The van der Waals surface area contributed by atoms with E-state index in [9.17, 15) is 5.11 Å². The van der Waals surface area contributed by atoms with Gasteiger partial charge in [-0.1, -0.05) is 6.07 Å². The number of methoxy groups -OCH3 is 1. The zero-order valence-electron chi connectivity index (χ0n) is 7.53. The van der Waals surface area contributed by atoms with E-state index in [0.29, 0.717) is 5.56 Å². The van der Waals surface area contributed by atoms with E-state index in [1.807, 2.05) is 13.0 Å². The lowest BCUT2D eigenvalue weighted by atomic mass is 10.1. The maximum atomic E-state index is 9.62. The third-order valence-electron chi connectivity index (χ3n) is 1.84. The molecule has 1 atom stereocenters. The standard InChI is InChI=1S/C9H13NO2/c1-7-4-5-8(6-10-7)9(2,11)12-3/h4-6,11H,1-3H3. The van der Waals surface area contributed by atoms with Gasteiger partial charge >= 0.3 is 0 Å². The predicted molar refractivity (Wildman–Crippen MR) is 45.6 cm³/mol. The van der Waals surface area contributed by atoms with Gasteiger partial charge in [-0.15, -0.1) is 0 Å². The van der Waals surface area contributed by atoms with Gasteiger partial charge in [-0.05, 0) is 19.9 Å². The number of hydrogen-bond acceptors (Lipinski definition) is 3. The Balaban J connectivity index is 2.96. The molecule has 0 spiro atoms. The maximum Gasteiger partial charge on any atom is 0.190 e. The van der Waals surface area contributed by atoms with Crippen LogP contribution < -0.4 is 0 Å². The summed E-state index contributed by atoms with van der Waals surface area (Å²) >= 11 is 0. The second-order valence-corrected chi connectivity index (χ2v) is 2.88. The van der Waals surface area contributed by atoms with Crippen molar-refractivity contribution in [1.29, 1.82) is 0 Å². The van der Waals surface area contributed by atoms with Crippen molar-refractivity contribution in [3.8, 4) is 0 Å². The Morgan fingerprint density at radius 3 is 2.58 bits per heavy atom. The molecule has 3 nitrogen and oxygen atoms in total. The number of pyridine rings is 1. The fourth-order valence-electron chi connectivity index (χ4n) is 0.860. The van der Waals surface area contributed by atoms with Crippen LogP contribution in [0.3, 0.4) is 0 Å². The first-order valence-electron chi connectivity index (χ1n) is 3.77. The van der Waals surface area contributed by atoms with Crippen molar-refractivity contribution in [3.63, 3.8) is 0 Å². The number of rotatable bonds is 2. The topological polar surface area (TPSA) is 42.4 Å². The normalized spacial score (nSPS) is 15.7. The zero-order chi connectivity index (χ0) is 9.19. The molecule has 66 valence electrons. The fraction of sp³-hybridized carbons (Fsp3) is 0.444. The minimum Gasteiger partial charge on any atom is -0.362 e. The third-order valence-corrected chi connectivity index (χ3v) is 1.84. The Hall–Kier alpha value is -0.930. The van der Waals surface area contributed by atoms with E-state index >= 15 is 0 Å². The molecule has 0 radical (unpaired) electrons. The summed E-state index contributed by atoms with van der Waals surface area (Å²) in [5.41, 5.74) is 1.58. The van der Waals surface area contributed by atoms with E-state index in [2.05, 4.69) is 4.98 Å². The van der Waals surface area contributed by atoms with Crippen molar-refractivity contribution < 1.29 is 9.84 Å². The Morgan fingerprint density at radius 2 is 2.17 bits per heavy atom. The van der Waals surface area contributed by atoms with Gasteiger partial charge in [-0.2, -0.15) is 0 Å². The van der Waals surface area contributed by atoms with Crippen LogP contribution in [-0.4, -0.2) is 17.2 Å². The Morgan fingerprint density at radius 1 is 1.50 bits per heavy atom. The van der Waals surface area contributed by atoms with Crippen molar-refractivity contribution >= 4 is 0 Å². The van der Waals surface area contributed by atoms with Crippen LogP contribution >= 0.6 is 0 Å². The van der Waals surface area contributed by atoms with Gasteiger partial charge < -0.3 is 9.84 Å². The molecule has 0 aliphatic carbocycles. The number of aryl methyl sites for hydroxylation is 1. The van der Waals surface area contributed by atoms with Crippen LogP contribution in [0.15, 0.2) is 18.3 Å². The molecular formula is C9H13NO2. The smallest absolute Gasteiger partial charge is 0.190 e. The molecule has 1 heterocycles. The van der Waals surface area contributed by atoms with E-state index in [4.69, 9.17) is 4.74 Å². The number of aliphatic hydroxyl groups is 1. The van der Waals surface area contributed by atoms with Gasteiger partial charge in [0.25, 0.3) is 0 Å². The second-order valence-electron chi connectivity index (χ2n) is 2.88. The molecule has 0 saturated heterocycles. The molecule has 0 aromatic carbocycles. The summed E-state index contributed by atoms with van der Waals surface area (Å²) in [5, 5.41) is 9.62. The lowest BCUT2D eigenvalue weighted by Gasteiger charge is -2.21. The quantitative estimate of drug-likeness (QED) is 0.673. The van der Waals surface area contributed by atoms with Gasteiger partial charge in [-0.3, -0.25) is 4.98 Å². The largest absolute Gasteiger partial charge is 0.362 e. The molecule has 12 heavy (non-hydrogen) atoms. The predicted octanol–water partition coefficient (Wildman–Crippen LogP) is 1.20. The minimum atomic E-state index is -1.24. The Labute approximate surface area is 72.0 Å². The van der Waals surface area contributed by atoms with Gasteiger partial charge in [-0.25, -0.2) is 0 Å². The fourth-order valence-corrected chi connectivity index (χ4v) is 0.860. The van der Waals surface area contributed by atoms with E-state index in [1.165, 1.54) is 7.11 Å². The van der Waals surface area contributed by atoms with Crippen LogP contribution in [0.2, 0.25) is 0 Å². The average Bonchev–Trinajstić information content (AvgIpc) is 2.05. The van der Waals surface area contributed by atoms with Gasteiger partial charge in [0.15, 0.2) is 5.79 Å². The summed E-state index contributed by atoms with van der Waals surface area (Å²) in [4.78, 5) is 4.05. The lowest BCUT2D eigenvalue weighted by molar-refractivity contribution is -0.179. The Kier molecular flexibility index (Phi) is 2.45. The molecule has 0 amide bonds. The molecule has 3 heteroatoms. The number of hydrogen-bond donors (Lipinski definition) is 1. The van der Waals surface area contributed by atoms with E-state index in [1.54, 1.807) is 19.2 Å². The maximum absolute atomic E-state index is 9.62. The molecular weight excluding hydrogens is 154 g/mol. The highest BCUT2D eigenvalue weighted by molar-refractivity contribution is 5.17. The van der Waals surface area contributed by atoms with Crippen molar-refractivity contribution in [2.45, 2.75) is 19.6 Å². The van der Waals surface area contributed by atoms with Crippen LogP contribution in [0.5, 0.6) is 0 Å². The highest BCUT2D eigenvalue weighted by Gasteiger charge is 2.21. The van der Waals surface area contributed by atoms with Crippen molar-refractivity contribution in [2.75, 3.05) is 7.11 Å². The van der Waals surface area contributed by atoms with E-state index < -0.39 is 5.79 Å². The molecule has 0 saturated carbocycles. The monoisotopic (exact) mass is 167 g/mol. The van der Waals surface area contributed by atoms with E-state index in [0.717, 1.165) is 5.69 Å². The molecule has 1 rings (SSSR count). The van der Waals surface area contributed by atoms with Gasteiger partial charge in [0.1, 0.15) is 0 Å². The SMILES string of the molecule is COC(C)(O)c1ccc(C)nc1. The number of nitrogens with zero attached hydrogens (tertiary/aromatic N) is 1. The van der Waals surface area contributed by atoms with Crippen molar-refractivity contribution in [1.82, 2.24) is 4.98 Å². The van der Waals surface area contributed by atoms with Crippen molar-refractivity contribution in [3.05, 3.63) is 29.6 Å². The van der Waals surface area contributed by atoms with Crippen LogP contribution in [-0.2, 0) is 10.5 Å². The lowest BCUT2D eigenvalue weighted by Crippen LogP contribution is -2.23. The number of aromatic nitrogens is 1. The Bertz CT molecular complexity index is 254. The van der Waals surface area contributed by atoms with Crippen LogP contribution in [0.4, 0.5) is 0 Å². The highest BCUT2D eigenvalue weighted by Crippen LogP contribution is 2.19. The summed E-state index contributed by atoms with van der Waals surface area (Å²) < 4.78 is 4.88. The molecule has 0 aliphatic heterocycles. The first-order chi connectivity index (χ1) is 5.56. The van der Waals surface area contributed by atoms with Gasteiger partial charge in [0.05, 0.1) is 0 Å². The summed E-state index contributed by atoms with van der Waals surface area (Å²) in [6.45, 7) is 3.48. The van der Waals surface area contributed by atoms with Crippen LogP contribution in [0.1, 0.15) is 18.2 Å². The van der Waals surface area contributed by atoms with Gasteiger partial charge in [0.2, 0.25) is 0 Å². The summed E-state index contributed by atoms with van der Waals surface area (Å²) in [5.74, 6) is -1.24. The summed E-state index contributed by atoms with van der Waals surface area (Å²) in [6.07, 6.45) is 1.61. The number of ether oxygens (including phenoxy) is 1. The van der Waals surface area contributed by atoms with Gasteiger partial charge in [0, 0.05) is 24.6 Å². The van der Waals surface area contributed by atoms with E-state index in [-0.39, 0.29) is 0 Å². The summed E-state index contributed by atoms with van der Waals surface area (Å²) in [7, 11) is 1.46. The van der Waals surface area contributed by atoms with Crippen LogP contribution in [0, 0.1) is 6.92 Å². The highest BCUT2D eigenvalue weighted by atomic mass is 16.6. The average molecular weight is 167 g/mol. The molecule has 1 unspecified atom stereocenters. The molecule has 1 aromatic heterocycles. The van der Waals surface area contributed by atoms with Crippen LogP contribution in [0.25, 0.3) is 0 Å². The molecule has 1 N–H and O–H groups in total. The zero-order valence-corrected chi connectivity index (χ0v) is 7.53. The second kappa shape index (κ2) is 3.21. The molecule has 1 aromatic rings. The molecule has 0 fully saturated rings. The third kappa shape index (κ3) is 1.81. The minimum absolute atomic E-state index is 0.663. The molecule has 0 aliphatic rings.